The number of rotatable bonds is 3. The third-order valence-corrected chi connectivity index (χ3v) is 4.35. The molecule has 2 aromatic carbocycles. The Bertz CT molecular complexity index is 918. The summed E-state index contributed by atoms with van der Waals surface area (Å²) in [6.45, 7) is 2.64. The maximum absolute atomic E-state index is 12.5. The molecule has 0 radical (unpaired) electrons. The number of hydrogen-bond donors (Lipinski definition) is 2. The first-order chi connectivity index (χ1) is 12.3. The lowest BCUT2D eigenvalue weighted by molar-refractivity contribution is 0.0951. The molecule has 0 fully saturated rings. The molecule has 0 unspecified atom stereocenters. The number of ether oxygens (including phenoxy) is 1. The lowest BCUT2D eigenvalue weighted by Gasteiger charge is -2.11. The fraction of sp³-hybridized carbons (Fsp3) is 0.200. The Morgan fingerprint density at radius 1 is 1.20 bits per heavy atom. The van der Waals surface area contributed by atoms with Crippen LogP contribution in [-0.4, -0.2) is 24.0 Å². The summed E-state index contributed by atoms with van der Waals surface area (Å²) in [4.78, 5) is 16.9. The lowest BCUT2D eigenvalue weighted by atomic mass is 10.1. The van der Waals surface area contributed by atoms with Gasteiger partial charge in [-0.15, -0.1) is 0 Å². The minimum absolute atomic E-state index is 0.0899. The number of aromatic nitrogens is 1. The van der Waals surface area contributed by atoms with E-state index in [-0.39, 0.29) is 5.91 Å². The van der Waals surface area contributed by atoms with Crippen molar-refractivity contribution in [2.45, 2.75) is 13.1 Å². The Kier molecular flexibility index (Phi) is 4.31. The highest BCUT2D eigenvalue weighted by molar-refractivity contribution is 5.95. The Labute approximate surface area is 146 Å². The monoisotopic (exact) mass is 333 g/mol. The van der Waals surface area contributed by atoms with Gasteiger partial charge in [0.2, 0.25) is 0 Å². The average molecular weight is 333 g/mol. The highest BCUT2D eigenvalue weighted by atomic mass is 16.5. The van der Waals surface area contributed by atoms with Crippen LogP contribution in [-0.2, 0) is 13.1 Å². The van der Waals surface area contributed by atoms with E-state index in [4.69, 9.17) is 4.74 Å². The van der Waals surface area contributed by atoms with E-state index in [0.29, 0.717) is 25.3 Å². The van der Waals surface area contributed by atoms with Gasteiger partial charge in [-0.25, -0.2) is 0 Å². The number of nitrogens with one attached hydrogen (secondary N) is 2. The van der Waals surface area contributed by atoms with E-state index < -0.39 is 0 Å². The third-order valence-electron chi connectivity index (χ3n) is 4.35. The number of pyridine rings is 1. The second-order valence-electron chi connectivity index (χ2n) is 6.02. The summed E-state index contributed by atoms with van der Waals surface area (Å²) in [6, 6.07) is 15.5. The molecule has 1 aromatic heterocycles. The summed E-state index contributed by atoms with van der Waals surface area (Å²) in [7, 11) is 0. The minimum atomic E-state index is -0.0899. The predicted octanol–water partition coefficient (Wildman–Crippen LogP) is 2.65. The topological polar surface area (TPSA) is 63.2 Å². The average Bonchev–Trinajstić information content (AvgIpc) is 2.90. The SMILES string of the molecule is O=C(NCc1ccnc2ccccc12)c1ccc2c(c1)CNCCO2. The smallest absolute Gasteiger partial charge is 0.251 e. The quantitative estimate of drug-likeness (QED) is 0.773. The van der Waals surface area contributed by atoms with Crippen LogP contribution in [0.15, 0.2) is 54.7 Å². The molecule has 0 atom stereocenters. The summed E-state index contributed by atoms with van der Waals surface area (Å²) in [5.41, 5.74) is 3.64. The number of para-hydroxylation sites is 1. The molecule has 0 bridgehead atoms. The Morgan fingerprint density at radius 3 is 3.08 bits per heavy atom. The first-order valence-electron chi connectivity index (χ1n) is 8.38. The van der Waals surface area contributed by atoms with Gasteiger partial charge in [0, 0.05) is 42.3 Å². The van der Waals surface area contributed by atoms with Crippen LogP contribution < -0.4 is 15.4 Å². The molecule has 2 N–H and O–H groups in total. The summed E-state index contributed by atoms with van der Waals surface area (Å²) in [5, 5.41) is 7.35. The number of fused-ring (bicyclic) bond motifs is 2. The van der Waals surface area contributed by atoms with Gasteiger partial charge in [-0.05, 0) is 35.9 Å². The van der Waals surface area contributed by atoms with Gasteiger partial charge in [0.25, 0.3) is 5.91 Å². The number of nitrogens with zero attached hydrogens (tertiary/aromatic N) is 1. The zero-order valence-electron chi connectivity index (χ0n) is 13.8. The molecule has 5 nitrogen and oxygen atoms in total. The molecule has 1 aliphatic heterocycles. The molecule has 5 heteroatoms. The zero-order chi connectivity index (χ0) is 17.1. The summed E-state index contributed by atoms with van der Waals surface area (Å²) in [5.74, 6) is 0.759. The largest absolute Gasteiger partial charge is 0.492 e. The molecule has 0 aliphatic carbocycles. The number of carbonyl (C=O) groups is 1. The van der Waals surface area contributed by atoms with Crippen molar-refractivity contribution in [1.82, 2.24) is 15.6 Å². The number of hydrogen-bond acceptors (Lipinski definition) is 4. The van der Waals surface area contributed by atoms with Crippen LogP contribution in [0.25, 0.3) is 10.9 Å². The molecule has 1 aliphatic rings. The second-order valence-corrected chi connectivity index (χ2v) is 6.02. The highest BCUT2D eigenvalue weighted by Crippen LogP contribution is 2.22. The van der Waals surface area contributed by atoms with Crippen LogP contribution >= 0.6 is 0 Å². The van der Waals surface area contributed by atoms with Crippen LogP contribution in [0.5, 0.6) is 5.75 Å². The maximum Gasteiger partial charge on any atom is 0.251 e. The Balaban J connectivity index is 1.51. The molecule has 1 amide bonds. The summed E-state index contributed by atoms with van der Waals surface area (Å²) >= 11 is 0. The van der Waals surface area contributed by atoms with E-state index in [1.54, 1.807) is 6.20 Å². The number of carbonyl (C=O) groups excluding carboxylic acids is 1. The summed E-state index contributed by atoms with van der Waals surface area (Å²) < 4.78 is 5.66. The van der Waals surface area contributed by atoms with Gasteiger partial charge in [-0.1, -0.05) is 18.2 Å². The van der Waals surface area contributed by atoms with E-state index in [1.807, 2.05) is 48.5 Å². The fourth-order valence-corrected chi connectivity index (χ4v) is 3.04. The first kappa shape index (κ1) is 15.6. The van der Waals surface area contributed by atoms with Gasteiger partial charge in [0.1, 0.15) is 12.4 Å². The molecular weight excluding hydrogens is 314 g/mol. The molecular formula is C20H19N3O2. The molecule has 3 aromatic rings. The van der Waals surface area contributed by atoms with Gasteiger partial charge in [0.05, 0.1) is 5.52 Å². The van der Waals surface area contributed by atoms with Crippen LogP contribution in [0.1, 0.15) is 21.5 Å². The molecule has 4 rings (SSSR count). The molecule has 0 saturated heterocycles. The Hall–Kier alpha value is -2.92. The van der Waals surface area contributed by atoms with Crippen molar-refractivity contribution in [3.05, 3.63) is 71.4 Å². The molecule has 0 spiro atoms. The predicted molar refractivity (Wildman–Crippen MR) is 96.6 cm³/mol. The van der Waals surface area contributed by atoms with Crippen LogP contribution in [0.4, 0.5) is 0 Å². The minimum Gasteiger partial charge on any atom is -0.492 e. The molecule has 2 heterocycles. The van der Waals surface area contributed by atoms with Gasteiger partial charge in [0.15, 0.2) is 0 Å². The van der Waals surface area contributed by atoms with E-state index >= 15 is 0 Å². The van der Waals surface area contributed by atoms with Gasteiger partial charge >= 0.3 is 0 Å². The zero-order valence-corrected chi connectivity index (χ0v) is 13.8. The number of benzene rings is 2. The van der Waals surface area contributed by atoms with Crippen molar-refractivity contribution in [3.63, 3.8) is 0 Å². The maximum atomic E-state index is 12.5. The van der Waals surface area contributed by atoms with Gasteiger partial charge in [-0.3, -0.25) is 9.78 Å². The van der Waals surface area contributed by atoms with E-state index in [9.17, 15) is 4.79 Å². The second kappa shape index (κ2) is 6.91. The van der Waals surface area contributed by atoms with E-state index in [2.05, 4.69) is 15.6 Å². The van der Waals surface area contributed by atoms with Crippen molar-refractivity contribution in [3.8, 4) is 5.75 Å². The first-order valence-corrected chi connectivity index (χ1v) is 8.38. The third kappa shape index (κ3) is 3.32. The number of amides is 1. The van der Waals surface area contributed by atoms with Crippen LogP contribution in [0.2, 0.25) is 0 Å². The standard InChI is InChI=1S/C20H19N3O2/c24-20(14-5-6-19-16(11-14)12-21-9-10-25-19)23-13-15-7-8-22-18-4-2-1-3-17(15)18/h1-8,11,21H,9-10,12-13H2,(H,23,24). The fourth-order valence-electron chi connectivity index (χ4n) is 3.04. The van der Waals surface area contributed by atoms with Gasteiger partial charge in [-0.2, -0.15) is 0 Å². The van der Waals surface area contributed by atoms with E-state index in [0.717, 1.165) is 34.3 Å². The molecule has 126 valence electrons. The van der Waals surface area contributed by atoms with Crippen molar-refractivity contribution in [2.24, 2.45) is 0 Å². The highest BCUT2D eigenvalue weighted by Gasteiger charge is 2.13. The molecule has 25 heavy (non-hydrogen) atoms. The van der Waals surface area contributed by atoms with Crippen molar-refractivity contribution in [2.75, 3.05) is 13.2 Å². The van der Waals surface area contributed by atoms with Crippen molar-refractivity contribution < 1.29 is 9.53 Å². The van der Waals surface area contributed by atoms with Crippen LogP contribution in [0.3, 0.4) is 0 Å². The molecule has 0 saturated carbocycles. The van der Waals surface area contributed by atoms with Crippen molar-refractivity contribution >= 4 is 16.8 Å². The summed E-state index contributed by atoms with van der Waals surface area (Å²) in [6.07, 6.45) is 1.77. The Morgan fingerprint density at radius 2 is 2.12 bits per heavy atom. The van der Waals surface area contributed by atoms with Crippen LogP contribution in [0, 0.1) is 0 Å². The van der Waals surface area contributed by atoms with Gasteiger partial charge < -0.3 is 15.4 Å². The lowest BCUT2D eigenvalue weighted by Crippen LogP contribution is -2.23. The van der Waals surface area contributed by atoms with E-state index in [1.165, 1.54) is 0 Å². The van der Waals surface area contributed by atoms with Crippen molar-refractivity contribution in [1.29, 1.82) is 0 Å². The normalized spacial score (nSPS) is 13.6.